The van der Waals surface area contributed by atoms with Crippen LogP contribution in [0.4, 0.5) is 0 Å². The highest BCUT2D eigenvalue weighted by Gasteiger charge is 2.03. The van der Waals surface area contributed by atoms with E-state index in [0.717, 1.165) is 6.08 Å². The van der Waals surface area contributed by atoms with Crippen molar-refractivity contribution in [2.75, 3.05) is 0 Å². The lowest BCUT2D eigenvalue weighted by atomic mass is 10.4. The Morgan fingerprint density at radius 3 is 2.73 bits per heavy atom. The van der Waals surface area contributed by atoms with Gasteiger partial charge in [0.05, 0.1) is 0 Å². The van der Waals surface area contributed by atoms with E-state index in [9.17, 15) is 4.79 Å². The first-order valence-corrected chi connectivity index (χ1v) is 3.10. The summed E-state index contributed by atoms with van der Waals surface area (Å²) >= 11 is 0. The van der Waals surface area contributed by atoms with Gasteiger partial charge in [-0.2, -0.15) is 5.26 Å². The molecule has 60 valence electrons. The molecule has 0 aromatic carbocycles. The molecule has 0 amide bonds. The Morgan fingerprint density at radius 1 is 1.82 bits per heavy atom. The van der Waals surface area contributed by atoms with E-state index in [1.165, 1.54) is 6.92 Å². The number of nitriles is 1. The second-order valence-electron chi connectivity index (χ2n) is 2.10. The minimum absolute atomic E-state index is 0.361. The van der Waals surface area contributed by atoms with Gasteiger partial charge in [-0.1, -0.05) is 0 Å². The normalized spacial score (nSPS) is 13.4. The standard InChI is InChI=1S/C7H10N2O2/c1-5(9)3-7(10)11-6(2)4-8/h3,6H,9H2,1-2H3/b5-3-. The van der Waals surface area contributed by atoms with E-state index < -0.39 is 12.1 Å². The molecule has 4 nitrogen and oxygen atoms in total. The Morgan fingerprint density at radius 2 is 2.36 bits per heavy atom. The van der Waals surface area contributed by atoms with Gasteiger partial charge in [0.25, 0.3) is 0 Å². The average molecular weight is 154 g/mol. The second kappa shape index (κ2) is 4.34. The predicted molar refractivity (Wildman–Crippen MR) is 39.1 cm³/mol. The van der Waals surface area contributed by atoms with Crippen LogP contribution in [0.1, 0.15) is 13.8 Å². The maximum absolute atomic E-state index is 10.7. The number of nitrogens with zero attached hydrogens (tertiary/aromatic N) is 1. The number of carbonyl (C=O) groups excluding carboxylic acids is 1. The first-order valence-electron chi connectivity index (χ1n) is 3.10. The van der Waals surface area contributed by atoms with E-state index in [4.69, 9.17) is 11.0 Å². The van der Waals surface area contributed by atoms with Crippen molar-refractivity contribution in [3.05, 3.63) is 11.8 Å². The highest BCUT2D eigenvalue weighted by molar-refractivity contribution is 5.82. The first kappa shape index (κ1) is 9.50. The van der Waals surface area contributed by atoms with Crippen molar-refractivity contribution < 1.29 is 9.53 Å². The molecule has 0 rings (SSSR count). The van der Waals surface area contributed by atoms with E-state index in [-0.39, 0.29) is 0 Å². The number of allylic oxidation sites excluding steroid dienone is 1. The van der Waals surface area contributed by atoms with Gasteiger partial charge in [-0.25, -0.2) is 4.79 Å². The summed E-state index contributed by atoms with van der Waals surface area (Å²) in [6.45, 7) is 3.05. The Kier molecular flexibility index (Phi) is 3.75. The van der Waals surface area contributed by atoms with Gasteiger partial charge in [0, 0.05) is 11.8 Å². The molecule has 0 spiro atoms. The molecule has 11 heavy (non-hydrogen) atoms. The monoisotopic (exact) mass is 154 g/mol. The Labute approximate surface area is 65.2 Å². The van der Waals surface area contributed by atoms with Gasteiger partial charge < -0.3 is 10.5 Å². The number of hydrogen-bond acceptors (Lipinski definition) is 4. The molecule has 1 unspecified atom stereocenters. The van der Waals surface area contributed by atoms with Gasteiger partial charge in [-0.3, -0.25) is 0 Å². The van der Waals surface area contributed by atoms with Crippen molar-refractivity contribution in [1.29, 1.82) is 5.26 Å². The zero-order valence-corrected chi connectivity index (χ0v) is 6.50. The van der Waals surface area contributed by atoms with Crippen LogP contribution in [-0.4, -0.2) is 12.1 Å². The van der Waals surface area contributed by atoms with E-state index in [1.54, 1.807) is 13.0 Å². The van der Waals surface area contributed by atoms with Gasteiger partial charge in [0.2, 0.25) is 0 Å². The van der Waals surface area contributed by atoms with Gasteiger partial charge in [-0.15, -0.1) is 0 Å². The van der Waals surface area contributed by atoms with Crippen LogP contribution in [0.15, 0.2) is 11.8 Å². The smallest absolute Gasteiger partial charge is 0.333 e. The Hall–Kier alpha value is -1.50. The zero-order chi connectivity index (χ0) is 8.85. The van der Waals surface area contributed by atoms with Crippen LogP contribution in [0.2, 0.25) is 0 Å². The maximum Gasteiger partial charge on any atom is 0.333 e. The zero-order valence-electron chi connectivity index (χ0n) is 6.50. The molecule has 0 saturated heterocycles. The molecule has 4 heteroatoms. The molecule has 0 fully saturated rings. The fourth-order valence-electron chi connectivity index (χ4n) is 0.420. The highest BCUT2D eigenvalue weighted by Crippen LogP contribution is 1.91. The minimum Gasteiger partial charge on any atom is -0.444 e. The number of carbonyl (C=O) groups is 1. The summed E-state index contributed by atoms with van der Waals surface area (Å²) in [5.41, 5.74) is 5.55. The summed E-state index contributed by atoms with van der Waals surface area (Å²) in [4.78, 5) is 10.7. The molecule has 2 N–H and O–H groups in total. The fourth-order valence-corrected chi connectivity index (χ4v) is 0.420. The van der Waals surface area contributed by atoms with Gasteiger partial charge in [0.15, 0.2) is 6.10 Å². The van der Waals surface area contributed by atoms with Crippen LogP contribution in [-0.2, 0) is 9.53 Å². The lowest BCUT2D eigenvalue weighted by molar-refractivity contribution is -0.139. The third-order valence-corrected chi connectivity index (χ3v) is 0.820. The molecule has 0 aliphatic heterocycles. The van der Waals surface area contributed by atoms with E-state index in [2.05, 4.69) is 4.74 Å². The molecule has 0 aromatic rings. The topological polar surface area (TPSA) is 76.1 Å². The average Bonchev–Trinajstić information content (AvgIpc) is 1.85. The van der Waals surface area contributed by atoms with Crippen LogP contribution in [0, 0.1) is 11.3 Å². The third kappa shape index (κ3) is 4.97. The van der Waals surface area contributed by atoms with Crippen molar-refractivity contribution >= 4 is 5.97 Å². The molecule has 1 atom stereocenters. The number of esters is 1. The van der Waals surface area contributed by atoms with Crippen molar-refractivity contribution in [3.8, 4) is 6.07 Å². The molecular formula is C7H10N2O2. The van der Waals surface area contributed by atoms with Crippen LogP contribution in [0.3, 0.4) is 0 Å². The molecule has 0 aliphatic rings. The van der Waals surface area contributed by atoms with E-state index >= 15 is 0 Å². The maximum atomic E-state index is 10.7. The van der Waals surface area contributed by atoms with Crippen LogP contribution < -0.4 is 5.73 Å². The van der Waals surface area contributed by atoms with Gasteiger partial charge in [0.1, 0.15) is 6.07 Å². The number of hydrogen-bond donors (Lipinski definition) is 1. The molecule has 0 aliphatic carbocycles. The summed E-state index contributed by atoms with van der Waals surface area (Å²) in [6.07, 6.45) is 0.409. The number of ether oxygens (including phenoxy) is 1. The molecule has 0 saturated carbocycles. The lowest BCUT2D eigenvalue weighted by Gasteiger charge is -2.01. The molecule has 0 heterocycles. The van der Waals surface area contributed by atoms with Crippen molar-refractivity contribution in [3.63, 3.8) is 0 Å². The molecule has 0 radical (unpaired) electrons. The van der Waals surface area contributed by atoms with Crippen molar-refractivity contribution in [2.24, 2.45) is 5.73 Å². The van der Waals surface area contributed by atoms with E-state index in [0.29, 0.717) is 5.70 Å². The SMILES string of the molecule is C/C(N)=C/C(=O)OC(C)C#N. The van der Waals surface area contributed by atoms with Crippen LogP contribution in [0.5, 0.6) is 0 Å². The van der Waals surface area contributed by atoms with Crippen LogP contribution in [0.25, 0.3) is 0 Å². The number of nitrogens with two attached hydrogens (primary N) is 1. The van der Waals surface area contributed by atoms with Gasteiger partial charge in [-0.05, 0) is 13.8 Å². The molecule has 0 bridgehead atoms. The molecule has 0 aromatic heterocycles. The molecular weight excluding hydrogens is 144 g/mol. The second-order valence-corrected chi connectivity index (χ2v) is 2.10. The van der Waals surface area contributed by atoms with Crippen LogP contribution >= 0.6 is 0 Å². The third-order valence-electron chi connectivity index (χ3n) is 0.820. The quantitative estimate of drug-likeness (QED) is 0.458. The Bertz CT molecular complexity index is 211. The highest BCUT2D eigenvalue weighted by atomic mass is 16.5. The van der Waals surface area contributed by atoms with Crippen molar-refractivity contribution in [2.45, 2.75) is 20.0 Å². The fraction of sp³-hybridized carbons (Fsp3) is 0.429. The first-order chi connectivity index (χ1) is 5.06. The minimum atomic E-state index is -0.724. The Balaban J connectivity index is 3.92. The van der Waals surface area contributed by atoms with Gasteiger partial charge >= 0.3 is 5.97 Å². The number of rotatable bonds is 2. The predicted octanol–water partition coefficient (Wildman–Crippen LogP) is 0.304. The summed E-state index contributed by atoms with van der Waals surface area (Å²) in [6, 6.07) is 1.76. The van der Waals surface area contributed by atoms with Crippen molar-refractivity contribution in [1.82, 2.24) is 0 Å². The van der Waals surface area contributed by atoms with E-state index in [1.807, 2.05) is 0 Å². The summed E-state index contributed by atoms with van der Waals surface area (Å²) in [7, 11) is 0. The summed E-state index contributed by atoms with van der Waals surface area (Å²) in [5.74, 6) is -0.584. The lowest BCUT2D eigenvalue weighted by Crippen LogP contribution is -2.11. The largest absolute Gasteiger partial charge is 0.444 e. The summed E-state index contributed by atoms with van der Waals surface area (Å²) in [5, 5.41) is 8.24. The summed E-state index contributed by atoms with van der Waals surface area (Å²) < 4.78 is 4.55.